The highest BCUT2D eigenvalue weighted by atomic mass is 19.4. The number of halogens is 3. The predicted octanol–water partition coefficient (Wildman–Crippen LogP) is 2.60. The molecule has 2 aromatic carbocycles. The van der Waals surface area contributed by atoms with Crippen LogP contribution in [0.1, 0.15) is 31.2 Å². The summed E-state index contributed by atoms with van der Waals surface area (Å²) >= 11 is 0. The second-order valence-electron chi connectivity index (χ2n) is 11.0. The third kappa shape index (κ3) is 4.68. The van der Waals surface area contributed by atoms with Crippen LogP contribution in [0.5, 0.6) is 11.5 Å². The number of ether oxygens (including phenoxy) is 1. The van der Waals surface area contributed by atoms with Crippen molar-refractivity contribution < 1.29 is 52.2 Å². The lowest BCUT2D eigenvalue weighted by Crippen LogP contribution is -2.40. The average Bonchev–Trinajstić information content (AvgIpc) is 3.20. The molecule has 3 N–H and O–H groups in total. The molecular formula is C30H23BF3NO8. The van der Waals surface area contributed by atoms with Gasteiger partial charge in [0.25, 0.3) is 0 Å². The van der Waals surface area contributed by atoms with E-state index in [1.54, 1.807) is 6.08 Å². The summed E-state index contributed by atoms with van der Waals surface area (Å²) in [4.78, 5) is 55.2. The molecule has 0 saturated carbocycles. The van der Waals surface area contributed by atoms with E-state index in [2.05, 4.69) is 4.74 Å². The van der Waals surface area contributed by atoms with E-state index in [4.69, 9.17) is 0 Å². The molecule has 43 heavy (non-hydrogen) atoms. The van der Waals surface area contributed by atoms with Gasteiger partial charge in [-0.1, -0.05) is 23.8 Å². The van der Waals surface area contributed by atoms with Gasteiger partial charge in [0.15, 0.2) is 11.6 Å². The number of alkyl halides is 3. The van der Waals surface area contributed by atoms with E-state index in [9.17, 15) is 47.5 Å². The number of amides is 2. The SMILES string of the molecule is CC1=CC(=O)C2=C(CC3C(=CCC4C(=O)N(c5cccc(B(O)O)c5)C(=O)C43)C2c2cc(OC(F)(F)F)ccc2O)C1=O. The Morgan fingerprint density at radius 1 is 1.00 bits per heavy atom. The summed E-state index contributed by atoms with van der Waals surface area (Å²) in [6.07, 6.45) is -2.26. The van der Waals surface area contributed by atoms with Crippen LogP contribution < -0.4 is 15.1 Å². The summed E-state index contributed by atoms with van der Waals surface area (Å²) in [6, 6.07) is 8.52. The molecular weight excluding hydrogens is 570 g/mol. The Kier molecular flexibility index (Phi) is 6.70. The summed E-state index contributed by atoms with van der Waals surface area (Å²) in [5.74, 6) is -7.06. The Labute approximate surface area is 242 Å². The van der Waals surface area contributed by atoms with Crippen LogP contribution in [0.15, 0.2) is 76.9 Å². The van der Waals surface area contributed by atoms with Crippen molar-refractivity contribution in [2.45, 2.75) is 32.0 Å². The number of Topliss-reactive ketones (excluding diaryl/α,β-unsaturated/α-hetero) is 1. The molecule has 4 atom stereocenters. The van der Waals surface area contributed by atoms with Crippen LogP contribution in [0.25, 0.3) is 0 Å². The molecule has 1 saturated heterocycles. The minimum absolute atomic E-state index is 0.00530. The number of anilines is 1. The molecule has 4 aliphatic rings. The van der Waals surface area contributed by atoms with Gasteiger partial charge in [0.1, 0.15) is 11.5 Å². The molecule has 0 spiro atoms. The molecule has 1 heterocycles. The first kappa shape index (κ1) is 28.6. The van der Waals surface area contributed by atoms with Crippen LogP contribution in [0.2, 0.25) is 0 Å². The maximum atomic E-state index is 14.0. The van der Waals surface area contributed by atoms with Gasteiger partial charge in [-0.3, -0.25) is 24.1 Å². The Balaban J connectivity index is 1.48. The number of carbonyl (C=O) groups excluding carboxylic acids is 4. The normalized spacial score (nSPS) is 25.2. The molecule has 13 heteroatoms. The Morgan fingerprint density at radius 3 is 2.44 bits per heavy atom. The summed E-state index contributed by atoms with van der Waals surface area (Å²) in [6.45, 7) is 1.46. The highest BCUT2D eigenvalue weighted by molar-refractivity contribution is 6.58. The zero-order valence-electron chi connectivity index (χ0n) is 22.5. The number of rotatable bonds is 4. The highest BCUT2D eigenvalue weighted by Gasteiger charge is 2.57. The first-order chi connectivity index (χ1) is 20.3. The number of carbonyl (C=O) groups is 4. The van der Waals surface area contributed by atoms with E-state index in [0.717, 1.165) is 29.2 Å². The highest BCUT2D eigenvalue weighted by Crippen LogP contribution is 2.56. The topological polar surface area (TPSA) is 141 Å². The predicted molar refractivity (Wildman–Crippen MR) is 145 cm³/mol. The first-order valence-corrected chi connectivity index (χ1v) is 13.4. The minimum Gasteiger partial charge on any atom is -0.508 e. The number of fused-ring (bicyclic) bond motifs is 3. The van der Waals surface area contributed by atoms with Crippen molar-refractivity contribution in [3.8, 4) is 11.5 Å². The standard InChI is InChI=1S/C30H23BF3NO8/c1-13-9-23(37)26-21(27(13)38)12-19-17(24(26)20-11-16(5-8-22(20)36)43-30(32,33)34)6-7-18-25(19)29(40)35(28(18)39)15-4-2-3-14(10-15)31(41)42/h2-6,8-11,18-19,24-25,36,41-42H,7,12H2,1H3. The minimum atomic E-state index is -5.04. The fraction of sp³-hybridized carbons (Fsp3) is 0.267. The fourth-order valence-corrected chi connectivity index (χ4v) is 6.78. The number of imide groups is 1. The molecule has 3 aliphatic carbocycles. The van der Waals surface area contributed by atoms with Gasteiger partial charge in [0.05, 0.1) is 17.5 Å². The lowest BCUT2D eigenvalue weighted by molar-refractivity contribution is -0.274. The third-order valence-electron chi connectivity index (χ3n) is 8.53. The number of benzene rings is 2. The average molecular weight is 593 g/mol. The number of hydrogen-bond acceptors (Lipinski definition) is 8. The van der Waals surface area contributed by atoms with Crippen molar-refractivity contribution in [1.82, 2.24) is 0 Å². The van der Waals surface area contributed by atoms with Crippen molar-refractivity contribution in [3.05, 3.63) is 82.5 Å². The molecule has 0 bridgehead atoms. The lowest BCUT2D eigenvalue weighted by atomic mass is 9.59. The van der Waals surface area contributed by atoms with E-state index in [0.29, 0.717) is 5.57 Å². The largest absolute Gasteiger partial charge is 0.573 e. The van der Waals surface area contributed by atoms with Crippen molar-refractivity contribution in [2.75, 3.05) is 4.90 Å². The fourth-order valence-electron chi connectivity index (χ4n) is 6.78. The van der Waals surface area contributed by atoms with Gasteiger partial charge in [-0.05, 0) is 67.6 Å². The van der Waals surface area contributed by atoms with E-state index in [1.807, 2.05) is 0 Å². The molecule has 0 aromatic heterocycles. The zero-order chi connectivity index (χ0) is 31.0. The van der Waals surface area contributed by atoms with Crippen LogP contribution in [0.3, 0.4) is 0 Å². The van der Waals surface area contributed by atoms with E-state index >= 15 is 0 Å². The van der Waals surface area contributed by atoms with E-state index < -0.39 is 72.0 Å². The van der Waals surface area contributed by atoms with Gasteiger partial charge in [0, 0.05) is 28.2 Å². The molecule has 4 unspecified atom stereocenters. The maximum absolute atomic E-state index is 14.0. The summed E-state index contributed by atoms with van der Waals surface area (Å²) in [5, 5.41) is 30.0. The first-order valence-electron chi connectivity index (χ1n) is 13.4. The number of allylic oxidation sites excluding steroid dienone is 6. The molecule has 6 rings (SSSR count). The van der Waals surface area contributed by atoms with Gasteiger partial charge in [0.2, 0.25) is 11.8 Å². The van der Waals surface area contributed by atoms with Crippen LogP contribution in [0, 0.1) is 17.8 Å². The molecule has 0 radical (unpaired) electrons. The molecule has 1 fully saturated rings. The summed E-state index contributed by atoms with van der Waals surface area (Å²) in [7, 11) is -1.84. The monoisotopic (exact) mass is 593 g/mol. The summed E-state index contributed by atoms with van der Waals surface area (Å²) in [5.41, 5.74) is 0.714. The Hall–Kier alpha value is -4.49. The molecule has 220 valence electrons. The van der Waals surface area contributed by atoms with Crippen molar-refractivity contribution in [3.63, 3.8) is 0 Å². The van der Waals surface area contributed by atoms with Gasteiger partial charge < -0.3 is 19.9 Å². The number of nitrogens with zero attached hydrogens (tertiary/aromatic N) is 1. The van der Waals surface area contributed by atoms with Crippen LogP contribution in [-0.4, -0.2) is 52.0 Å². The smallest absolute Gasteiger partial charge is 0.508 e. The third-order valence-corrected chi connectivity index (χ3v) is 8.53. The van der Waals surface area contributed by atoms with Crippen molar-refractivity contribution in [1.29, 1.82) is 0 Å². The van der Waals surface area contributed by atoms with Crippen LogP contribution in [0.4, 0.5) is 18.9 Å². The number of phenols is 1. The number of ketones is 2. The lowest BCUT2D eigenvalue weighted by Gasteiger charge is -2.42. The van der Waals surface area contributed by atoms with Gasteiger partial charge in [-0.2, -0.15) is 0 Å². The molecule has 9 nitrogen and oxygen atoms in total. The van der Waals surface area contributed by atoms with Gasteiger partial charge in [-0.25, -0.2) is 0 Å². The summed E-state index contributed by atoms with van der Waals surface area (Å²) < 4.78 is 43.3. The maximum Gasteiger partial charge on any atom is 0.573 e. The Bertz CT molecular complexity index is 1710. The van der Waals surface area contributed by atoms with Crippen molar-refractivity contribution in [2.24, 2.45) is 17.8 Å². The quantitative estimate of drug-likeness (QED) is 0.213. The molecule has 1 aliphatic heterocycles. The second-order valence-corrected chi connectivity index (χ2v) is 11.0. The Morgan fingerprint density at radius 2 is 1.74 bits per heavy atom. The van der Waals surface area contributed by atoms with E-state index in [1.165, 1.54) is 31.2 Å². The van der Waals surface area contributed by atoms with Gasteiger partial charge in [-0.15, -0.1) is 13.2 Å². The molecule has 2 aromatic rings. The molecule has 2 amide bonds. The number of hydrogen-bond donors (Lipinski definition) is 3. The van der Waals surface area contributed by atoms with E-state index in [-0.39, 0.29) is 46.3 Å². The second kappa shape index (κ2) is 10.1. The van der Waals surface area contributed by atoms with Crippen LogP contribution >= 0.6 is 0 Å². The van der Waals surface area contributed by atoms with Crippen LogP contribution in [-0.2, 0) is 19.2 Å². The number of phenolic OH excluding ortho intramolecular Hbond substituents is 1. The number of aromatic hydroxyl groups is 1. The van der Waals surface area contributed by atoms with Crippen molar-refractivity contribution >= 4 is 41.6 Å². The zero-order valence-corrected chi connectivity index (χ0v) is 22.5. The van der Waals surface area contributed by atoms with Gasteiger partial charge >= 0.3 is 13.5 Å².